The topological polar surface area (TPSA) is 73.0 Å². The average Bonchev–Trinajstić information content (AvgIpc) is 2.90. The van der Waals surface area contributed by atoms with Gasteiger partial charge in [-0.15, -0.1) is 0 Å². The zero-order chi connectivity index (χ0) is 16.4. The molecule has 0 unspecified atom stereocenters. The molecule has 1 aromatic heterocycles. The third kappa shape index (κ3) is 3.04. The summed E-state index contributed by atoms with van der Waals surface area (Å²) in [4.78, 5) is 15.5. The Labute approximate surface area is 137 Å². The highest BCUT2D eigenvalue weighted by Gasteiger charge is 2.14. The van der Waals surface area contributed by atoms with Gasteiger partial charge in [0.1, 0.15) is 5.52 Å². The third-order valence-corrected chi connectivity index (χ3v) is 3.81. The lowest BCUT2D eigenvalue weighted by Gasteiger charge is -2.09. The lowest BCUT2D eigenvalue weighted by Crippen LogP contribution is -2.13. The Hall–Kier alpha value is -2.80. The maximum Gasteiger partial charge on any atom is 0.273 e. The fraction of sp³-hybridized carbons (Fsp3) is 0.125. The second-order valence-electron chi connectivity index (χ2n) is 5.14. The highest BCUT2D eigenvalue weighted by Crippen LogP contribution is 2.23. The van der Waals surface area contributed by atoms with E-state index in [1.807, 2.05) is 29.8 Å². The van der Waals surface area contributed by atoms with E-state index in [0.717, 1.165) is 16.7 Å². The lowest BCUT2D eigenvalue weighted by molar-refractivity contribution is -0.385. The van der Waals surface area contributed by atoms with Crippen molar-refractivity contribution in [2.45, 2.75) is 6.42 Å². The number of imidazole rings is 1. The Bertz CT molecular complexity index is 904. The first-order chi connectivity index (χ1) is 11.1. The number of aryl methyl sites for hydroxylation is 1. The number of hydrogen-bond donors (Lipinski definition) is 1. The van der Waals surface area contributed by atoms with Gasteiger partial charge in [0.05, 0.1) is 27.4 Å². The van der Waals surface area contributed by atoms with Gasteiger partial charge in [-0.05, 0) is 12.1 Å². The van der Waals surface area contributed by atoms with Gasteiger partial charge >= 0.3 is 0 Å². The van der Waals surface area contributed by atoms with E-state index < -0.39 is 4.92 Å². The van der Waals surface area contributed by atoms with Gasteiger partial charge in [0.25, 0.3) is 5.69 Å². The summed E-state index contributed by atoms with van der Waals surface area (Å²) in [6, 6.07) is 12.4. The molecule has 0 amide bonds. The van der Waals surface area contributed by atoms with Crippen LogP contribution in [0.25, 0.3) is 11.0 Å². The Morgan fingerprint density at radius 1 is 1.30 bits per heavy atom. The van der Waals surface area contributed by atoms with Crippen LogP contribution in [0, 0.1) is 10.1 Å². The number of benzene rings is 2. The van der Waals surface area contributed by atoms with E-state index in [9.17, 15) is 10.1 Å². The van der Waals surface area contributed by atoms with Crippen molar-refractivity contribution in [1.29, 1.82) is 0 Å². The van der Waals surface area contributed by atoms with Gasteiger partial charge in [0, 0.05) is 25.1 Å². The largest absolute Gasteiger partial charge is 0.348 e. The number of nitrogens with one attached hydrogen (secondary N) is 1. The number of hydrogen-bond acceptors (Lipinski definition) is 4. The normalized spacial score (nSPS) is 10.7. The molecule has 0 bridgehead atoms. The summed E-state index contributed by atoms with van der Waals surface area (Å²) in [6.07, 6.45) is 2.04. The van der Waals surface area contributed by atoms with E-state index in [0.29, 0.717) is 17.0 Å². The first-order valence-corrected chi connectivity index (χ1v) is 7.39. The van der Waals surface area contributed by atoms with Crippen molar-refractivity contribution in [3.8, 4) is 0 Å². The molecule has 7 heteroatoms. The standard InChI is InChI=1S/C16H14N4O2S/c1-19-10-17-16-12(6-4-8-14(16)19)18-15(23)9-11-5-2-3-7-13(11)20(21)22/h2-8,10H,9H2,1H3,(H,18,23). The Kier molecular flexibility index (Phi) is 4.03. The number of anilines is 1. The highest BCUT2D eigenvalue weighted by molar-refractivity contribution is 7.80. The van der Waals surface area contributed by atoms with Crippen molar-refractivity contribution in [1.82, 2.24) is 9.55 Å². The van der Waals surface area contributed by atoms with Gasteiger partial charge in [-0.25, -0.2) is 4.98 Å². The summed E-state index contributed by atoms with van der Waals surface area (Å²) >= 11 is 5.37. The summed E-state index contributed by atoms with van der Waals surface area (Å²) in [5.41, 5.74) is 3.27. The van der Waals surface area contributed by atoms with Gasteiger partial charge in [-0.1, -0.05) is 36.5 Å². The zero-order valence-corrected chi connectivity index (χ0v) is 13.2. The number of aromatic nitrogens is 2. The van der Waals surface area contributed by atoms with Gasteiger partial charge < -0.3 is 9.88 Å². The highest BCUT2D eigenvalue weighted by atomic mass is 32.1. The molecule has 2 aromatic carbocycles. The predicted octanol–water partition coefficient (Wildman–Crippen LogP) is 3.46. The quantitative estimate of drug-likeness (QED) is 0.451. The molecule has 1 N–H and O–H groups in total. The maximum absolute atomic E-state index is 11.1. The smallest absolute Gasteiger partial charge is 0.273 e. The molecule has 6 nitrogen and oxygen atoms in total. The molecular weight excluding hydrogens is 312 g/mol. The second kappa shape index (κ2) is 6.13. The van der Waals surface area contributed by atoms with Crippen molar-refractivity contribution in [3.63, 3.8) is 0 Å². The van der Waals surface area contributed by atoms with E-state index in [1.54, 1.807) is 24.5 Å². The van der Waals surface area contributed by atoms with Crippen LogP contribution < -0.4 is 5.32 Å². The molecule has 0 saturated heterocycles. The molecule has 0 saturated carbocycles. The minimum Gasteiger partial charge on any atom is -0.348 e. The van der Waals surface area contributed by atoms with E-state index in [4.69, 9.17) is 12.2 Å². The zero-order valence-electron chi connectivity index (χ0n) is 12.4. The molecule has 0 aliphatic rings. The molecule has 3 rings (SSSR count). The second-order valence-corrected chi connectivity index (χ2v) is 5.63. The van der Waals surface area contributed by atoms with Crippen LogP contribution in [0.5, 0.6) is 0 Å². The van der Waals surface area contributed by atoms with Gasteiger partial charge in [0.2, 0.25) is 0 Å². The third-order valence-electron chi connectivity index (χ3n) is 3.57. The van der Waals surface area contributed by atoms with Gasteiger partial charge in [0.15, 0.2) is 0 Å². The molecule has 0 atom stereocenters. The molecule has 1 heterocycles. The Morgan fingerprint density at radius 2 is 2.09 bits per heavy atom. The van der Waals surface area contributed by atoms with Crippen molar-refractivity contribution in [2.75, 3.05) is 5.32 Å². The summed E-state index contributed by atoms with van der Waals surface area (Å²) in [5, 5.41) is 14.2. The predicted molar refractivity (Wildman–Crippen MR) is 93.7 cm³/mol. The van der Waals surface area contributed by atoms with E-state index in [2.05, 4.69) is 10.3 Å². The number of fused-ring (bicyclic) bond motifs is 1. The van der Waals surface area contributed by atoms with E-state index >= 15 is 0 Å². The molecule has 0 spiro atoms. The van der Waals surface area contributed by atoms with Crippen LogP contribution in [0.15, 0.2) is 48.8 Å². The molecule has 116 valence electrons. The fourth-order valence-corrected chi connectivity index (χ4v) is 2.73. The van der Waals surface area contributed by atoms with Crippen LogP contribution in [0.4, 0.5) is 11.4 Å². The maximum atomic E-state index is 11.1. The summed E-state index contributed by atoms with van der Waals surface area (Å²) in [5.74, 6) is 0. The monoisotopic (exact) mass is 326 g/mol. The SMILES string of the molecule is Cn1cnc2c(NC(=S)Cc3ccccc3[N+](=O)[O-])cccc21. The van der Waals surface area contributed by atoms with Crippen LogP contribution in [0.2, 0.25) is 0 Å². The van der Waals surface area contributed by atoms with Crippen molar-refractivity contribution < 1.29 is 4.92 Å². The van der Waals surface area contributed by atoms with Crippen LogP contribution >= 0.6 is 12.2 Å². The van der Waals surface area contributed by atoms with Crippen molar-refractivity contribution in [3.05, 3.63) is 64.5 Å². The van der Waals surface area contributed by atoms with Crippen LogP contribution in [0.1, 0.15) is 5.56 Å². The van der Waals surface area contributed by atoms with E-state index in [1.165, 1.54) is 6.07 Å². The molecular formula is C16H14N4O2S. The van der Waals surface area contributed by atoms with Crippen LogP contribution in [-0.4, -0.2) is 19.5 Å². The van der Waals surface area contributed by atoms with Crippen molar-refractivity contribution in [2.24, 2.45) is 7.05 Å². The summed E-state index contributed by atoms with van der Waals surface area (Å²) in [6.45, 7) is 0. The number of thiocarbonyl (C=S) groups is 1. The Balaban J connectivity index is 1.83. The molecule has 0 fully saturated rings. The number of nitro benzene ring substituents is 1. The number of nitrogens with zero attached hydrogens (tertiary/aromatic N) is 3. The fourth-order valence-electron chi connectivity index (χ4n) is 2.46. The molecule has 0 radical (unpaired) electrons. The Morgan fingerprint density at radius 3 is 2.87 bits per heavy atom. The summed E-state index contributed by atoms with van der Waals surface area (Å²) < 4.78 is 1.92. The molecule has 23 heavy (non-hydrogen) atoms. The lowest BCUT2D eigenvalue weighted by atomic mass is 10.1. The first-order valence-electron chi connectivity index (χ1n) is 6.98. The van der Waals surface area contributed by atoms with Gasteiger partial charge in [-0.2, -0.15) is 0 Å². The molecule has 3 aromatic rings. The minimum absolute atomic E-state index is 0.0766. The van der Waals surface area contributed by atoms with Crippen LogP contribution in [0.3, 0.4) is 0 Å². The number of para-hydroxylation sites is 2. The number of rotatable bonds is 4. The van der Waals surface area contributed by atoms with Crippen molar-refractivity contribution >= 4 is 39.6 Å². The van der Waals surface area contributed by atoms with E-state index in [-0.39, 0.29) is 5.69 Å². The van der Waals surface area contributed by atoms with Gasteiger partial charge in [-0.3, -0.25) is 10.1 Å². The minimum atomic E-state index is -0.391. The first kappa shape index (κ1) is 15.1. The summed E-state index contributed by atoms with van der Waals surface area (Å²) in [7, 11) is 1.92. The molecule has 0 aliphatic carbocycles. The number of nitro groups is 1. The van der Waals surface area contributed by atoms with Crippen LogP contribution in [-0.2, 0) is 13.5 Å². The molecule has 0 aliphatic heterocycles. The average molecular weight is 326 g/mol.